The summed E-state index contributed by atoms with van der Waals surface area (Å²) in [6.45, 7) is 2.12. The normalized spacial score (nSPS) is 10.2. The molecule has 6 heteroatoms. The van der Waals surface area contributed by atoms with Crippen LogP contribution in [0.5, 0.6) is 5.75 Å². The molecular formula is C19H20BrNO4. The van der Waals surface area contributed by atoms with Gasteiger partial charge in [-0.3, -0.25) is 9.59 Å². The van der Waals surface area contributed by atoms with Crippen molar-refractivity contribution in [3.05, 3.63) is 58.6 Å². The van der Waals surface area contributed by atoms with E-state index in [0.717, 1.165) is 15.8 Å². The van der Waals surface area contributed by atoms with Gasteiger partial charge in [-0.25, -0.2) is 0 Å². The fraction of sp³-hybridized carbons (Fsp3) is 0.263. The molecule has 0 saturated carbocycles. The van der Waals surface area contributed by atoms with Gasteiger partial charge in [-0.05, 0) is 53.5 Å². The Morgan fingerprint density at radius 3 is 2.52 bits per heavy atom. The predicted octanol–water partition coefficient (Wildman–Crippen LogP) is 4.10. The second kappa shape index (κ2) is 9.84. The number of esters is 1. The van der Waals surface area contributed by atoms with Gasteiger partial charge in [0.05, 0.1) is 12.3 Å². The highest BCUT2D eigenvalue weighted by atomic mass is 79.9. The molecule has 0 aliphatic heterocycles. The highest BCUT2D eigenvalue weighted by Crippen LogP contribution is 2.20. The Labute approximate surface area is 155 Å². The van der Waals surface area contributed by atoms with Crippen molar-refractivity contribution in [1.29, 1.82) is 0 Å². The number of carbonyl (C=O) groups excluding carboxylic acids is 2. The molecule has 132 valence electrons. The van der Waals surface area contributed by atoms with Crippen molar-refractivity contribution >= 4 is 33.5 Å². The van der Waals surface area contributed by atoms with Crippen LogP contribution in [0.1, 0.15) is 18.4 Å². The third-order valence-electron chi connectivity index (χ3n) is 3.33. The topological polar surface area (TPSA) is 64.6 Å². The van der Waals surface area contributed by atoms with E-state index in [1.165, 1.54) is 0 Å². The number of aryl methyl sites for hydroxylation is 1. The van der Waals surface area contributed by atoms with Crippen molar-refractivity contribution in [1.82, 2.24) is 0 Å². The Kier molecular flexibility index (Phi) is 7.47. The molecule has 0 bridgehead atoms. The van der Waals surface area contributed by atoms with Gasteiger partial charge in [0.2, 0.25) is 0 Å². The van der Waals surface area contributed by atoms with Gasteiger partial charge in [-0.1, -0.05) is 29.8 Å². The minimum absolute atomic E-state index is 0.203. The molecule has 2 aromatic rings. The summed E-state index contributed by atoms with van der Waals surface area (Å²) < 4.78 is 11.3. The van der Waals surface area contributed by atoms with Gasteiger partial charge >= 0.3 is 5.97 Å². The summed E-state index contributed by atoms with van der Waals surface area (Å²) in [6.07, 6.45) is 0.729. The number of hydrogen-bond acceptors (Lipinski definition) is 4. The molecule has 2 aromatic carbocycles. The van der Waals surface area contributed by atoms with Crippen LogP contribution in [0.3, 0.4) is 0 Å². The summed E-state index contributed by atoms with van der Waals surface area (Å²) in [5.74, 6) is -0.0299. The molecule has 1 amide bonds. The minimum atomic E-state index is -0.421. The highest BCUT2D eigenvalue weighted by molar-refractivity contribution is 9.10. The van der Waals surface area contributed by atoms with Crippen LogP contribution in [0, 0.1) is 6.92 Å². The summed E-state index contributed by atoms with van der Waals surface area (Å²) in [4.78, 5) is 23.4. The van der Waals surface area contributed by atoms with Gasteiger partial charge in [-0.2, -0.15) is 0 Å². The van der Waals surface area contributed by atoms with E-state index < -0.39 is 5.97 Å². The van der Waals surface area contributed by atoms with E-state index in [4.69, 9.17) is 9.47 Å². The van der Waals surface area contributed by atoms with Gasteiger partial charge in [0, 0.05) is 10.9 Å². The van der Waals surface area contributed by atoms with Crippen LogP contribution in [0.25, 0.3) is 0 Å². The number of halogens is 1. The summed E-state index contributed by atoms with van der Waals surface area (Å²) in [6, 6.07) is 14.9. The van der Waals surface area contributed by atoms with E-state index in [0.29, 0.717) is 18.7 Å². The molecule has 25 heavy (non-hydrogen) atoms. The largest absolute Gasteiger partial charge is 0.494 e. The summed E-state index contributed by atoms with van der Waals surface area (Å²) in [5.41, 5.74) is 1.80. The standard InChI is InChI=1S/C19H20BrNO4/c1-14-8-10-15(11-9-14)24-12-4-7-19(23)25-13-18(22)21-17-6-3-2-5-16(17)20/h2-3,5-6,8-11H,4,7,12-13H2,1H3,(H,21,22). The lowest BCUT2D eigenvalue weighted by molar-refractivity contribution is -0.147. The summed E-state index contributed by atoms with van der Waals surface area (Å²) in [5, 5.41) is 2.67. The smallest absolute Gasteiger partial charge is 0.306 e. The Bertz CT molecular complexity index is 716. The molecule has 0 aliphatic carbocycles. The molecule has 0 spiro atoms. The van der Waals surface area contributed by atoms with Crippen molar-refractivity contribution < 1.29 is 19.1 Å². The fourth-order valence-corrected chi connectivity index (χ4v) is 2.39. The number of nitrogens with one attached hydrogen (secondary N) is 1. The first-order chi connectivity index (χ1) is 12.0. The van der Waals surface area contributed by atoms with Gasteiger partial charge in [0.1, 0.15) is 5.75 Å². The first-order valence-corrected chi connectivity index (χ1v) is 8.73. The Balaban J connectivity index is 1.61. The van der Waals surface area contributed by atoms with Crippen LogP contribution in [0.2, 0.25) is 0 Å². The van der Waals surface area contributed by atoms with E-state index in [1.54, 1.807) is 12.1 Å². The van der Waals surface area contributed by atoms with Crippen molar-refractivity contribution in [3.63, 3.8) is 0 Å². The lowest BCUT2D eigenvalue weighted by Gasteiger charge is -2.08. The third kappa shape index (κ3) is 6.97. The van der Waals surface area contributed by atoms with E-state index in [9.17, 15) is 9.59 Å². The average molecular weight is 406 g/mol. The zero-order valence-electron chi connectivity index (χ0n) is 14.0. The lowest BCUT2D eigenvalue weighted by Crippen LogP contribution is -2.21. The number of carbonyl (C=O) groups is 2. The van der Waals surface area contributed by atoms with Crippen molar-refractivity contribution in [2.24, 2.45) is 0 Å². The van der Waals surface area contributed by atoms with Crippen LogP contribution in [0.4, 0.5) is 5.69 Å². The van der Waals surface area contributed by atoms with Crippen LogP contribution in [0.15, 0.2) is 53.0 Å². The van der Waals surface area contributed by atoms with Gasteiger partial charge in [-0.15, -0.1) is 0 Å². The average Bonchev–Trinajstić information content (AvgIpc) is 2.60. The van der Waals surface area contributed by atoms with Crippen LogP contribution >= 0.6 is 15.9 Å². The zero-order valence-corrected chi connectivity index (χ0v) is 15.5. The highest BCUT2D eigenvalue weighted by Gasteiger charge is 2.09. The van der Waals surface area contributed by atoms with Crippen molar-refractivity contribution in [3.8, 4) is 5.75 Å². The number of amides is 1. The van der Waals surface area contributed by atoms with Crippen LogP contribution in [-0.2, 0) is 14.3 Å². The Morgan fingerprint density at radius 2 is 1.80 bits per heavy atom. The first-order valence-electron chi connectivity index (χ1n) is 7.94. The summed E-state index contributed by atoms with van der Waals surface area (Å²) >= 11 is 3.33. The number of para-hydroxylation sites is 1. The van der Waals surface area contributed by atoms with E-state index in [-0.39, 0.29) is 18.9 Å². The predicted molar refractivity (Wildman–Crippen MR) is 99.6 cm³/mol. The maximum Gasteiger partial charge on any atom is 0.306 e. The second-order valence-corrected chi connectivity index (χ2v) is 6.31. The maximum absolute atomic E-state index is 11.8. The third-order valence-corrected chi connectivity index (χ3v) is 4.02. The summed E-state index contributed by atoms with van der Waals surface area (Å²) in [7, 11) is 0. The molecule has 0 aromatic heterocycles. The van der Waals surface area contributed by atoms with E-state index in [2.05, 4.69) is 21.2 Å². The van der Waals surface area contributed by atoms with Crippen molar-refractivity contribution in [2.45, 2.75) is 19.8 Å². The molecular weight excluding hydrogens is 386 g/mol. The molecule has 0 unspecified atom stereocenters. The fourth-order valence-electron chi connectivity index (χ4n) is 2.01. The zero-order chi connectivity index (χ0) is 18.1. The molecule has 0 atom stereocenters. The maximum atomic E-state index is 11.8. The monoisotopic (exact) mass is 405 g/mol. The molecule has 5 nitrogen and oxygen atoms in total. The van der Waals surface area contributed by atoms with Crippen LogP contribution in [-0.4, -0.2) is 25.1 Å². The lowest BCUT2D eigenvalue weighted by atomic mass is 10.2. The molecule has 0 saturated heterocycles. The molecule has 0 fully saturated rings. The number of hydrogen-bond donors (Lipinski definition) is 1. The number of rotatable bonds is 8. The minimum Gasteiger partial charge on any atom is -0.494 e. The molecule has 0 radical (unpaired) electrons. The molecule has 0 heterocycles. The van der Waals surface area contributed by atoms with Crippen LogP contribution < -0.4 is 10.1 Å². The number of anilines is 1. The van der Waals surface area contributed by atoms with Gasteiger partial charge in [0.15, 0.2) is 6.61 Å². The van der Waals surface area contributed by atoms with Gasteiger partial charge in [0.25, 0.3) is 5.91 Å². The van der Waals surface area contributed by atoms with E-state index >= 15 is 0 Å². The molecule has 0 aliphatic rings. The van der Waals surface area contributed by atoms with Crippen molar-refractivity contribution in [2.75, 3.05) is 18.5 Å². The van der Waals surface area contributed by atoms with E-state index in [1.807, 2.05) is 43.3 Å². The SMILES string of the molecule is Cc1ccc(OCCCC(=O)OCC(=O)Nc2ccccc2Br)cc1. The quantitative estimate of drug-likeness (QED) is 0.530. The van der Waals surface area contributed by atoms with Gasteiger partial charge < -0.3 is 14.8 Å². The molecule has 1 N–H and O–H groups in total. The molecule has 2 rings (SSSR count). The number of ether oxygens (including phenoxy) is 2. The Hall–Kier alpha value is -2.34. The second-order valence-electron chi connectivity index (χ2n) is 5.45. The Morgan fingerprint density at radius 1 is 1.08 bits per heavy atom. The number of benzene rings is 2. The first kappa shape index (κ1) is 19.0.